The Hall–Kier alpha value is -1.64. The van der Waals surface area contributed by atoms with E-state index in [0.29, 0.717) is 17.1 Å². The fraction of sp³-hybridized carbons (Fsp3) is 0.100. The summed E-state index contributed by atoms with van der Waals surface area (Å²) < 4.78 is 3.76. The third kappa shape index (κ3) is 2.48. The number of benzene rings is 1. The second-order valence-electron chi connectivity index (χ2n) is 3.06. The first-order valence-electron chi connectivity index (χ1n) is 4.49. The van der Waals surface area contributed by atoms with E-state index in [4.69, 9.17) is 16.9 Å². The monoisotopic (exact) mass is 250 g/mol. The maximum absolute atomic E-state index is 8.69. The largest absolute Gasteiger partial charge is 0.378 e. The molecule has 0 radical (unpaired) electrons. The van der Waals surface area contributed by atoms with Crippen molar-refractivity contribution in [2.24, 2.45) is 0 Å². The molecule has 0 aliphatic heterocycles. The van der Waals surface area contributed by atoms with Gasteiger partial charge in [-0.05, 0) is 29.7 Å². The van der Waals surface area contributed by atoms with Crippen molar-refractivity contribution in [3.8, 4) is 6.07 Å². The van der Waals surface area contributed by atoms with Crippen LogP contribution in [0.1, 0.15) is 11.3 Å². The Bertz CT molecular complexity index is 518. The predicted octanol–water partition coefficient (Wildman–Crippen LogP) is 2.68. The summed E-state index contributed by atoms with van der Waals surface area (Å²) in [7, 11) is 0. The van der Waals surface area contributed by atoms with Gasteiger partial charge in [-0.2, -0.15) is 5.26 Å². The molecule has 16 heavy (non-hydrogen) atoms. The van der Waals surface area contributed by atoms with Gasteiger partial charge < -0.3 is 5.32 Å². The molecule has 0 aliphatic rings. The second kappa shape index (κ2) is 4.92. The lowest BCUT2D eigenvalue weighted by atomic mass is 10.2. The summed E-state index contributed by atoms with van der Waals surface area (Å²) >= 11 is 7.31. The number of halogens is 1. The molecule has 0 fully saturated rings. The molecule has 0 amide bonds. The third-order valence-electron chi connectivity index (χ3n) is 1.96. The first kappa shape index (κ1) is 10.9. The number of nitriles is 1. The Morgan fingerprint density at radius 2 is 2.38 bits per heavy atom. The molecule has 0 atom stereocenters. The van der Waals surface area contributed by atoms with Crippen LogP contribution in [0.15, 0.2) is 23.6 Å². The molecule has 1 aromatic carbocycles. The first-order chi connectivity index (χ1) is 7.79. The van der Waals surface area contributed by atoms with Crippen LogP contribution in [-0.2, 0) is 6.54 Å². The van der Waals surface area contributed by atoms with Crippen LogP contribution >= 0.6 is 23.1 Å². The molecule has 6 heteroatoms. The first-order valence-corrected chi connectivity index (χ1v) is 5.70. The lowest BCUT2D eigenvalue weighted by molar-refractivity contribution is 0.999. The van der Waals surface area contributed by atoms with Crippen molar-refractivity contribution in [1.29, 1.82) is 5.26 Å². The van der Waals surface area contributed by atoms with Crippen LogP contribution < -0.4 is 5.32 Å². The summed E-state index contributed by atoms with van der Waals surface area (Å²) in [5.74, 6) is 0. The predicted molar refractivity (Wildman–Crippen MR) is 63.4 cm³/mol. The number of rotatable bonds is 3. The molecule has 0 aliphatic carbocycles. The van der Waals surface area contributed by atoms with Crippen LogP contribution in [0.5, 0.6) is 0 Å². The normalized spacial score (nSPS) is 9.75. The molecular formula is C10H7ClN4S. The molecule has 0 spiro atoms. The Labute approximate surface area is 102 Å². The van der Waals surface area contributed by atoms with Gasteiger partial charge in [0, 0.05) is 5.38 Å². The summed E-state index contributed by atoms with van der Waals surface area (Å²) in [6, 6.07) is 7.15. The topological polar surface area (TPSA) is 61.6 Å². The van der Waals surface area contributed by atoms with Gasteiger partial charge in [0.15, 0.2) is 0 Å². The maximum atomic E-state index is 8.69. The number of nitrogens with zero attached hydrogens (tertiary/aromatic N) is 3. The standard InChI is InChI=1S/C10H7ClN4S/c11-9-3-7(4-12)1-2-10(9)13-5-8-6-16-15-14-8/h1-3,6,13H,5H2. The number of hydrogen-bond donors (Lipinski definition) is 1. The number of hydrogen-bond acceptors (Lipinski definition) is 5. The fourth-order valence-electron chi connectivity index (χ4n) is 1.17. The van der Waals surface area contributed by atoms with Crippen LogP contribution in [0.2, 0.25) is 5.02 Å². The average molecular weight is 251 g/mol. The van der Waals surface area contributed by atoms with Gasteiger partial charge in [0.25, 0.3) is 0 Å². The maximum Gasteiger partial charge on any atom is 0.0992 e. The molecule has 2 aromatic rings. The van der Waals surface area contributed by atoms with Gasteiger partial charge in [-0.3, -0.25) is 0 Å². The Morgan fingerprint density at radius 3 is 3.00 bits per heavy atom. The van der Waals surface area contributed by atoms with E-state index >= 15 is 0 Å². The fourth-order valence-corrected chi connectivity index (χ4v) is 1.87. The van der Waals surface area contributed by atoms with Gasteiger partial charge in [-0.1, -0.05) is 16.1 Å². The average Bonchev–Trinajstić information content (AvgIpc) is 2.80. The van der Waals surface area contributed by atoms with Crippen LogP contribution in [0.25, 0.3) is 0 Å². The Morgan fingerprint density at radius 1 is 1.50 bits per heavy atom. The van der Waals surface area contributed by atoms with Gasteiger partial charge in [0.2, 0.25) is 0 Å². The molecule has 0 bridgehead atoms. The van der Waals surface area contributed by atoms with Crippen molar-refractivity contribution in [2.75, 3.05) is 5.32 Å². The van der Waals surface area contributed by atoms with E-state index in [0.717, 1.165) is 11.4 Å². The SMILES string of the molecule is N#Cc1ccc(NCc2csnn2)c(Cl)c1. The molecule has 4 nitrogen and oxygen atoms in total. The van der Waals surface area contributed by atoms with Crippen LogP contribution in [-0.4, -0.2) is 9.59 Å². The third-order valence-corrected chi connectivity index (χ3v) is 2.83. The van der Waals surface area contributed by atoms with Gasteiger partial charge in [0.1, 0.15) is 0 Å². The molecule has 2 rings (SSSR count). The van der Waals surface area contributed by atoms with E-state index < -0.39 is 0 Å². The summed E-state index contributed by atoms with van der Waals surface area (Å²) in [5, 5.41) is 18.1. The van der Waals surface area contributed by atoms with Crippen LogP contribution in [0, 0.1) is 11.3 Å². The van der Waals surface area contributed by atoms with Gasteiger partial charge in [0.05, 0.1) is 34.6 Å². The highest BCUT2D eigenvalue weighted by Gasteiger charge is 2.02. The zero-order valence-corrected chi connectivity index (χ0v) is 9.72. The summed E-state index contributed by atoms with van der Waals surface area (Å²) in [6.45, 7) is 0.572. The van der Waals surface area contributed by atoms with Gasteiger partial charge >= 0.3 is 0 Å². The molecule has 0 unspecified atom stereocenters. The van der Waals surface area contributed by atoms with Crippen molar-refractivity contribution >= 4 is 28.8 Å². The van der Waals surface area contributed by atoms with Crippen LogP contribution in [0.3, 0.4) is 0 Å². The van der Waals surface area contributed by atoms with Crippen LogP contribution in [0.4, 0.5) is 5.69 Å². The van der Waals surface area contributed by atoms with Crippen molar-refractivity contribution in [2.45, 2.75) is 6.54 Å². The molecule has 0 saturated carbocycles. The summed E-state index contributed by atoms with van der Waals surface area (Å²) in [6.07, 6.45) is 0. The zero-order chi connectivity index (χ0) is 11.4. The lowest BCUT2D eigenvalue weighted by Crippen LogP contribution is -2.00. The highest BCUT2D eigenvalue weighted by molar-refractivity contribution is 7.03. The smallest absolute Gasteiger partial charge is 0.0992 e. The molecule has 1 aromatic heterocycles. The van der Waals surface area contributed by atoms with Crippen molar-refractivity contribution in [3.05, 3.63) is 39.9 Å². The number of anilines is 1. The van der Waals surface area contributed by atoms with E-state index in [2.05, 4.69) is 14.9 Å². The van der Waals surface area contributed by atoms with E-state index in [1.807, 2.05) is 11.4 Å². The zero-order valence-electron chi connectivity index (χ0n) is 8.14. The number of aromatic nitrogens is 2. The lowest BCUT2D eigenvalue weighted by Gasteiger charge is -2.06. The minimum atomic E-state index is 0.530. The van der Waals surface area contributed by atoms with E-state index in [1.54, 1.807) is 18.2 Å². The second-order valence-corrected chi connectivity index (χ2v) is 4.07. The van der Waals surface area contributed by atoms with E-state index in [9.17, 15) is 0 Å². The highest BCUT2D eigenvalue weighted by atomic mass is 35.5. The molecule has 1 heterocycles. The van der Waals surface area contributed by atoms with Crippen molar-refractivity contribution in [1.82, 2.24) is 9.59 Å². The Balaban J connectivity index is 2.08. The minimum Gasteiger partial charge on any atom is -0.378 e. The molecule has 80 valence electrons. The van der Waals surface area contributed by atoms with Gasteiger partial charge in [-0.25, -0.2) is 0 Å². The quantitative estimate of drug-likeness (QED) is 0.910. The van der Waals surface area contributed by atoms with Crippen molar-refractivity contribution in [3.63, 3.8) is 0 Å². The summed E-state index contributed by atoms with van der Waals surface area (Å²) in [5.41, 5.74) is 2.20. The number of nitrogens with one attached hydrogen (secondary N) is 1. The summed E-state index contributed by atoms with van der Waals surface area (Å²) in [4.78, 5) is 0. The Kier molecular flexibility index (Phi) is 3.34. The van der Waals surface area contributed by atoms with E-state index in [1.165, 1.54) is 11.5 Å². The van der Waals surface area contributed by atoms with E-state index in [-0.39, 0.29) is 0 Å². The van der Waals surface area contributed by atoms with Crippen molar-refractivity contribution < 1.29 is 0 Å². The minimum absolute atomic E-state index is 0.530. The molecule has 1 N–H and O–H groups in total. The highest BCUT2D eigenvalue weighted by Crippen LogP contribution is 2.23. The molecule has 0 saturated heterocycles. The molecular weight excluding hydrogens is 244 g/mol. The van der Waals surface area contributed by atoms with Gasteiger partial charge in [-0.15, -0.1) is 5.10 Å².